The minimum atomic E-state index is -4.07. The molecule has 3 nitrogen and oxygen atoms in total. The Hall–Kier alpha value is -0.690. The lowest BCUT2D eigenvalue weighted by atomic mass is 10.1. The third-order valence-corrected chi connectivity index (χ3v) is 3.52. The van der Waals surface area contributed by atoms with Crippen LogP contribution in [0.2, 0.25) is 0 Å². The largest absolute Gasteiger partial charge is 0.389 e. The molecule has 0 aliphatic carbocycles. The van der Waals surface area contributed by atoms with Gasteiger partial charge in [-0.05, 0) is 37.3 Å². The second kappa shape index (κ2) is 7.04. The van der Waals surface area contributed by atoms with Gasteiger partial charge in [0.2, 0.25) is 0 Å². The second-order valence-corrected chi connectivity index (χ2v) is 4.84. The summed E-state index contributed by atoms with van der Waals surface area (Å²) in [7, 11) is 0. The fourth-order valence-electron chi connectivity index (χ4n) is 1.80. The lowest BCUT2D eigenvalue weighted by molar-refractivity contribution is -0.135. The van der Waals surface area contributed by atoms with E-state index in [1.54, 1.807) is 0 Å². The van der Waals surface area contributed by atoms with E-state index in [4.69, 9.17) is 0 Å². The molecule has 7 heteroatoms. The number of halogens is 3. The first-order valence-electron chi connectivity index (χ1n) is 6.09. The Morgan fingerprint density at radius 3 is 2.61 bits per heavy atom. The molecule has 1 aromatic heterocycles. The van der Waals surface area contributed by atoms with Gasteiger partial charge in [-0.2, -0.15) is 13.2 Å². The zero-order valence-electron chi connectivity index (χ0n) is 10.5. The number of alkyl halides is 3. The Morgan fingerprint density at radius 1 is 1.33 bits per heavy atom. The lowest BCUT2D eigenvalue weighted by Crippen LogP contribution is -2.21. The second-order valence-electron chi connectivity index (χ2n) is 4.06. The number of hydrogen-bond acceptors (Lipinski definition) is 4. The third-order valence-electron chi connectivity index (χ3n) is 2.64. The maximum Gasteiger partial charge on any atom is 0.389 e. The molecule has 1 aromatic rings. The van der Waals surface area contributed by atoms with E-state index in [-0.39, 0.29) is 12.5 Å². The summed E-state index contributed by atoms with van der Waals surface area (Å²) in [6, 6.07) is -0.0627. The summed E-state index contributed by atoms with van der Waals surface area (Å²) in [6.07, 6.45) is -3.46. The molecule has 0 aliphatic rings. The number of nitrogens with zero attached hydrogens (tertiary/aromatic N) is 2. The van der Waals surface area contributed by atoms with E-state index >= 15 is 0 Å². The quantitative estimate of drug-likeness (QED) is 0.831. The maximum atomic E-state index is 12.1. The average molecular weight is 281 g/mol. The molecular formula is C11H18F3N3S. The monoisotopic (exact) mass is 281 g/mol. The lowest BCUT2D eigenvalue weighted by Gasteiger charge is -2.17. The third kappa shape index (κ3) is 4.89. The number of rotatable bonds is 7. The molecule has 1 unspecified atom stereocenters. The van der Waals surface area contributed by atoms with Crippen molar-refractivity contribution in [2.75, 3.05) is 6.54 Å². The van der Waals surface area contributed by atoms with Crippen molar-refractivity contribution in [2.45, 2.75) is 51.7 Å². The summed E-state index contributed by atoms with van der Waals surface area (Å²) in [5.74, 6) is 0. The Morgan fingerprint density at radius 2 is 2.06 bits per heavy atom. The highest BCUT2D eigenvalue weighted by Gasteiger charge is 2.27. The molecule has 1 rings (SSSR count). The fourth-order valence-corrected chi connectivity index (χ4v) is 2.65. The molecule has 0 aromatic carbocycles. The predicted molar refractivity (Wildman–Crippen MR) is 65.6 cm³/mol. The molecule has 0 bridgehead atoms. The van der Waals surface area contributed by atoms with Crippen LogP contribution in [0.5, 0.6) is 0 Å². The normalized spacial score (nSPS) is 13.8. The molecule has 0 spiro atoms. The summed E-state index contributed by atoms with van der Waals surface area (Å²) in [5.41, 5.74) is 0.887. The molecule has 0 saturated heterocycles. The first-order chi connectivity index (χ1) is 8.48. The van der Waals surface area contributed by atoms with E-state index in [9.17, 15) is 13.2 Å². The summed E-state index contributed by atoms with van der Waals surface area (Å²) in [6.45, 7) is 4.63. The number of aryl methyl sites for hydroxylation is 1. The molecule has 104 valence electrons. The van der Waals surface area contributed by atoms with Crippen molar-refractivity contribution in [3.63, 3.8) is 0 Å². The van der Waals surface area contributed by atoms with Gasteiger partial charge in [0.1, 0.15) is 0 Å². The summed E-state index contributed by atoms with van der Waals surface area (Å²) in [5, 5.41) is 7.21. The number of aromatic nitrogens is 2. The van der Waals surface area contributed by atoms with Crippen LogP contribution in [0.1, 0.15) is 49.7 Å². The van der Waals surface area contributed by atoms with Crippen LogP contribution >= 0.6 is 11.5 Å². The molecule has 1 heterocycles. The molecule has 1 atom stereocenters. The van der Waals surface area contributed by atoms with Gasteiger partial charge in [0, 0.05) is 12.5 Å². The van der Waals surface area contributed by atoms with Crippen molar-refractivity contribution < 1.29 is 13.2 Å². The van der Waals surface area contributed by atoms with Gasteiger partial charge in [0.25, 0.3) is 0 Å². The van der Waals surface area contributed by atoms with Crippen LogP contribution in [0.3, 0.4) is 0 Å². The van der Waals surface area contributed by atoms with E-state index in [0.717, 1.165) is 23.5 Å². The van der Waals surface area contributed by atoms with Crippen LogP contribution in [0.25, 0.3) is 0 Å². The van der Waals surface area contributed by atoms with Gasteiger partial charge in [-0.15, -0.1) is 5.10 Å². The highest BCUT2D eigenvalue weighted by Crippen LogP contribution is 2.29. The number of nitrogens with one attached hydrogen (secondary N) is 1. The van der Waals surface area contributed by atoms with E-state index in [2.05, 4.69) is 14.9 Å². The van der Waals surface area contributed by atoms with E-state index in [1.807, 2.05) is 13.8 Å². The predicted octanol–water partition coefficient (Wildman–Crippen LogP) is 3.48. The average Bonchev–Trinajstić information content (AvgIpc) is 2.74. The minimum Gasteiger partial charge on any atom is -0.309 e. The molecule has 0 aliphatic heterocycles. The van der Waals surface area contributed by atoms with E-state index < -0.39 is 12.6 Å². The standard InChI is InChI=1S/C11H18F3N3S/c1-3-8-10(18-17-16-8)9(15-4-2)6-5-7-11(12,13)14/h9,15H,3-7H2,1-2H3. The first kappa shape index (κ1) is 15.4. The van der Waals surface area contributed by atoms with Crippen molar-refractivity contribution in [1.29, 1.82) is 0 Å². The molecule has 0 saturated carbocycles. The zero-order chi connectivity index (χ0) is 13.6. The van der Waals surface area contributed by atoms with Gasteiger partial charge in [0.15, 0.2) is 0 Å². The van der Waals surface area contributed by atoms with Gasteiger partial charge in [0.05, 0.1) is 10.6 Å². The van der Waals surface area contributed by atoms with Crippen LogP contribution in [-0.4, -0.2) is 22.3 Å². The van der Waals surface area contributed by atoms with Crippen LogP contribution in [0.4, 0.5) is 13.2 Å². The Balaban J connectivity index is 2.60. The zero-order valence-corrected chi connectivity index (χ0v) is 11.4. The summed E-state index contributed by atoms with van der Waals surface area (Å²) in [4.78, 5) is 0.974. The van der Waals surface area contributed by atoms with Crippen molar-refractivity contribution in [1.82, 2.24) is 14.9 Å². The van der Waals surface area contributed by atoms with Gasteiger partial charge in [-0.1, -0.05) is 18.3 Å². The Kier molecular flexibility index (Phi) is 6.01. The summed E-state index contributed by atoms with van der Waals surface area (Å²) < 4.78 is 40.3. The van der Waals surface area contributed by atoms with Crippen LogP contribution in [0, 0.1) is 0 Å². The van der Waals surface area contributed by atoms with Crippen molar-refractivity contribution in [3.8, 4) is 0 Å². The van der Waals surface area contributed by atoms with E-state index in [0.29, 0.717) is 6.42 Å². The molecule has 18 heavy (non-hydrogen) atoms. The maximum absolute atomic E-state index is 12.1. The minimum absolute atomic E-state index is 0.0627. The molecule has 0 amide bonds. The van der Waals surface area contributed by atoms with Crippen molar-refractivity contribution in [3.05, 3.63) is 10.6 Å². The van der Waals surface area contributed by atoms with E-state index in [1.165, 1.54) is 11.5 Å². The van der Waals surface area contributed by atoms with Crippen LogP contribution in [0.15, 0.2) is 0 Å². The van der Waals surface area contributed by atoms with Crippen molar-refractivity contribution >= 4 is 11.5 Å². The van der Waals surface area contributed by atoms with Crippen LogP contribution in [-0.2, 0) is 6.42 Å². The highest BCUT2D eigenvalue weighted by molar-refractivity contribution is 7.05. The Bertz CT molecular complexity index is 352. The molecule has 1 N–H and O–H groups in total. The smallest absolute Gasteiger partial charge is 0.309 e. The fraction of sp³-hybridized carbons (Fsp3) is 0.818. The molecular weight excluding hydrogens is 263 g/mol. The van der Waals surface area contributed by atoms with Crippen molar-refractivity contribution in [2.24, 2.45) is 0 Å². The molecule has 0 radical (unpaired) electrons. The summed E-state index contributed by atoms with van der Waals surface area (Å²) >= 11 is 1.28. The SMILES string of the molecule is CCNC(CCCC(F)(F)F)c1snnc1CC. The number of hydrogen-bond donors (Lipinski definition) is 1. The topological polar surface area (TPSA) is 37.8 Å². The van der Waals surface area contributed by atoms with Gasteiger partial charge < -0.3 is 5.32 Å². The van der Waals surface area contributed by atoms with Gasteiger partial charge >= 0.3 is 6.18 Å². The van der Waals surface area contributed by atoms with Gasteiger partial charge in [-0.3, -0.25) is 0 Å². The molecule has 0 fully saturated rings. The Labute approximate surface area is 109 Å². The first-order valence-corrected chi connectivity index (χ1v) is 6.86. The highest BCUT2D eigenvalue weighted by atomic mass is 32.1. The van der Waals surface area contributed by atoms with Gasteiger partial charge in [-0.25, -0.2) is 0 Å². The van der Waals surface area contributed by atoms with Crippen LogP contribution < -0.4 is 5.32 Å².